The second-order valence-corrected chi connectivity index (χ2v) is 8.88. The van der Waals surface area contributed by atoms with Crippen molar-refractivity contribution >= 4 is 37.3 Å². The summed E-state index contributed by atoms with van der Waals surface area (Å²) >= 11 is 4.78. The van der Waals surface area contributed by atoms with E-state index in [1.807, 2.05) is 6.92 Å². The van der Waals surface area contributed by atoms with Crippen LogP contribution in [-0.4, -0.2) is 39.0 Å². The summed E-state index contributed by atoms with van der Waals surface area (Å²) < 4.78 is 32.7. The Hall–Kier alpha value is 0.0500. The summed E-state index contributed by atoms with van der Waals surface area (Å²) in [6.45, 7) is 2.86. The van der Waals surface area contributed by atoms with E-state index in [0.717, 1.165) is 21.5 Å². The van der Waals surface area contributed by atoms with Gasteiger partial charge in [-0.3, -0.25) is 0 Å². The first-order chi connectivity index (χ1) is 8.45. The predicted molar refractivity (Wildman–Crippen MR) is 75.5 cm³/mol. The number of hydrogen-bond acceptors (Lipinski definition) is 4. The zero-order chi connectivity index (χ0) is 13.3. The van der Waals surface area contributed by atoms with E-state index in [1.54, 1.807) is 13.2 Å². The van der Waals surface area contributed by atoms with Crippen molar-refractivity contribution in [2.45, 2.75) is 30.8 Å². The van der Waals surface area contributed by atoms with Crippen molar-refractivity contribution in [1.82, 2.24) is 4.31 Å². The van der Waals surface area contributed by atoms with Crippen molar-refractivity contribution in [1.29, 1.82) is 0 Å². The van der Waals surface area contributed by atoms with Gasteiger partial charge in [0.25, 0.3) is 0 Å². The molecule has 1 aliphatic heterocycles. The second kappa shape index (κ2) is 5.58. The molecule has 7 heteroatoms. The summed E-state index contributed by atoms with van der Waals surface area (Å²) in [6, 6.07) is 1.69. The van der Waals surface area contributed by atoms with Gasteiger partial charge in [-0.25, -0.2) is 8.42 Å². The SMILES string of the molecule is COC1CCCN(S(=O)(=O)c2cc(Br)sc2C)C1. The molecular formula is C11H16BrNO3S2. The van der Waals surface area contributed by atoms with Crippen molar-refractivity contribution in [3.8, 4) is 0 Å². The van der Waals surface area contributed by atoms with E-state index in [2.05, 4.69) is 15.9 Å². The Morgan fingerprint density at radius 3 is 2.83 bits per heavy atom. The van der Waals surface area contributed by atoms with Crippen LogP contribution < -0.4 is 0 Å². The molecule has 1 unspecified atom stereocenters. The Morgan fingerprint density at radius 1 is 1.56 bits per heavy atom. The average Bonchev–Trinajstić information content (AvgIpc) is 2.69. The van der Waals surface area contributed by atoms with Crippen molar-refractivity contribution in [2.75, 3.05) is 20.2 Å². The van der Waals surface area contributed by atoms with E-state index in [1.165, 1.54) is 15.6 Å². The minimum atomic E-state index is -3.38. The van der Waals surface area contributed by atoms with Crippen LogP contribution in [0, 0.1) is 6.92 Å². The maximum atomic E-state index is 12.5. The molecule has 0 amide bonds. The van der Waals surface area contributed by atoms with Crippen molar-refractivity contribution < 1.29 is 13.2 Å². The number of sulfonamides is 1. The Bertz CT molecular complexity index is 526. The fourth-order valence-corrected chi connectivity index (χ4v) is 6.03. The predicted octanol–water partition coefficient (Wildman–Crippen LogP) is 2.62. The number of hydrogen-bond donors (Lipinski definition) is 0. The molecule has 1 aromatic heterocycles. The first kappa shape index (κ1) is 14.5. The summed E-state index contributed by atoms with van der Waals surface area (Å²) in [5.41, 5.74) is 0. The normalized spacial score (nSPS) is 22.3. The summed E-state index contributed by atoms with van der Waals surface area (Å²) in [5, 5.41) is 0. The number of methoxy groups -OCH3 is 1. The molecular weight excluding hydrogens is 338 g/mol. The lowest BCUT2D eigenvalue weighted by Gasteiger charge is -2.30. The van der Waals surface area contributed by atoms with Gasteiger partial charge in [-0.05, 0) is 41.8 Å². The molecule has 1 aliphatic rings. The maximum absolute atomic E-state index is 12.5. The monoisotopic (exact) mass is 353 g/mol. The van der Waals surface area contributed by atoms with Gasteiger partial charge in [0, 0.05) is 25.1 Å². The molecule has 4 nitrogen and oxygen atoms in total. The number of aryl methyl sites for hydroxylation is 1. The Balaban J connectivity index is 2.28. The molecule has 0 N–H and O–H groups in total. The topological polar surface area (TPSA) is 46.6 Å². The van der Waals surface area contributed by atoms with Crippen molar-refractivity contribution in [2.24, 2.45) is 0 Å². The van der Waals surface area contributed by atoms with Crippen LogP contribution in [0.5, 0.6) is 0 Å². The number of thiophene rings is 1. The number of halogens is 1. The highest BCUT2D eigenvalue weighted by atomic mass is 79.9. The third-order valence-corrected chi connectivity index (χ3v) is 6.81. The molecule has 0 bridgehead atoms. The van der Waals surface area contributed by atoms with E-state index in [-0.39, 0.29) is 6.10 Å². The van der Waals surface area contributed by atoms with Crippen LogP contribution in [0.25, 0.3) is 0 Å². The molecule has 2 heterocycles. The molecule has 1 aromatic rings. The Labute approximate surface area is 120 Å². The van der Waals surface area contributed by atoms with Crippen LogP contribution in [0.1, 0.15) is 17.7 Å². The second-order valence-electron chi connectivity index (χ2n) is 4.33. The van der Waals surface area contributed by atoms with Gasteiger partial charge in [-0.15, -0.1) is 11.3 Å². The van der Waals surface area contributed by atoms with Crippen LogP contribution in [0.3, 0.4) is 0 Å². The minimum Gasteiger partial charge on any atom is -0.380 e. The minimum absolute atomic E-state index is 0.0101. The van der Waals surface area contributed by atoms with E-state index in [4.69, 9.17) is 4.74 Å². The quantitative estimate of drug-likeness (QED) is 0.838. The molecule has 1 saturated heterocycles. The molecule has 0 spiro atoms. The lowest BCUT2D eigenvalue weighted by molar-refractivity contribution is 0.0572. The highest BCUT2D eigenvalue weighted by molar-refractivity contribution is 9.11. The van der Waals surface area contributed by atoms with Crippen molar-refractivity contribution in [3.63, 3.8) is 0 Å². The highest BCUT2D eigenvalue weighted by Crippen LogP contribution is 2.32. The number of ether oxygens (including phenoxy) is 1. The van der Waals surface area contributed by atoms with Crippen LogP contribution in [-0.2, 0) is 14.8 Å². The van der Waals surface area contributed by atoms with E-state index >= 15 is 0 Å². The van der Waals surface area contributed by atoms with Gasteiger partial charge < -0.3 is 4.74 Å². The number of piperidine rings is 1. The molecule has 2 rings (SSSR count). The zero-order valence-electron chi connectivity index (χ0n) is 10.3. The standard InChI is InChI=1S/C11H16BrNO3S2/c1-8-10(6-11(12)17-8)18(14,15)13-5-3-4-9(7-13)16-2/h6,9H,3-5,7H2,1-2H3. The zero-order valence-corrected chi connectivity index (χ0v) is 13.6. The van der Waals surface area contributed by atoms with Crippen LogP contribution in [0.2, 0.25) is 0 Å². The average molecular weight is 354 g/mol. The maximum Gasteiger partial charge on any atom is 0.244 e. The van der Waals surface area contributed by atoms with Gasteiger partial charge in [0.05, 0.1) is 14.8 Å². The van der Waals surface area contributed by atoms with E-state index < -0.39 is 10.0 Å². The highest BCUT2D eigenvalue weighted by Gasteiger charge is 2.32. The molecule has 1 fully saturated rings. The number of rotatable bonds is 3. The van der Waals surface area contributed by atoms with Crippen molar-refractivity contribution in [3.05, 3.63) is 14.7 Å². The van der Waals surface area contributed by atoms with E-state index in [0.29, 0.717) is 18.0 Å². The van der Waals surface area contributed by atoms with Crippen LogP contribution in [0.15, 0.2) is 14.7 Å². The molecule has 0 saturated carbocycles. The van der Waals surface area contributed by atoms with Crippen LogP contribution in [0.4, 0.5) is 0 Å². The van der Waals surface area contributed by atoms with Gasteiger partial charge in [0.2, 0.25) is 10.0 Å². The summed E-state index contributed by atoms with van der Waals surface area (Å²) in [6.07, 6.45) is 1.78. The smallest absolute Gasteiger partial charge is 0.244 e. The third kappa shape index (κ3) is 2.80. The summed E-state index contributed by atoms with van der Waals surface area (Å²) in [5.74, 6) is 0. The van der Waals surface area contributed by atoms with Gasteiger partial charge in [-0.1, -0.05) is 0 Å². The molecule has 0 radical (unpaired) electrons. The van der Waals surface area contributed by atoms with E-state index in [9.17, 15) is 8.42 Å². The summed E-state index contributed by atoms with van der Waals surface area (Å²) in [4.78, 5) is 1.23. The van der Waals surface area contributed by atoms with Gasteiger partial charge in [0.15, 0.2) is 0 Å². The summed E-state index contributed by atoms with van der Waals surface area (Å²) in [7, 11) is -1.75. The first-order valence-electron chi connectivity index (χ1n) is 5.74. The Kier molecular flexibility index (Phi) is 4.48. The lowest BCUT2D eigenvalue weighted by Crippen LogP contribution is -2.42. The fraction of sp³-hybridized carbons (Fsp3) is 0.636. The van der Waals surface area contributed by atoms with Gasteiger partial charge >= 0.3 is 0 Å². The molecule has 102 valence electrons. The largest absolute Gasteiger partial charge is 0.380 e. The number of nitrogens with zero attached hydrogens (tertiary/aromatic N) is 1. The van der Waals surface area contributed by atoms with Crippen LogP contribution >= 0.6 is 27.3 Å². The molecule has 0 aliphatic carbocycles. The third-order valence-electron chi connectivity index (χ3n) is 3.13. The lowest BCUT2D eigenvalue weighted by atomic mass is 10.1. The Morgan fingerprint density at radius 2 is 2.28 bits per heavy atom. The molecule has 18 heavy (non-hydrogen) atoms. The molecule has 1 atom stereocenters. The first-order valence-corrected chi connectivity index (χ1v) is 8.79. The fourth-order valence-electron chi connectivity index (χ4n) is 2.14. The van der Waals surface area contributed by atoms with Gasteiger partial charge in [-0.2, -0.15) is 4.31 Å². The molecule has 0 aromatic carbocycles. The van der Waals surface area contributed by atoms with Gasteiger partial charge in [0.1, 0.15) is 0 Å².